The second-order valence-corrected chi connectivity index (χ2v) is 15.8. The van der Waals surface area contributed by atoms with Gasteiger partial charge in [0.05, 0.1) is 6.04 Å². The average Bonchev–Trinajstić information content (AvgIpc) is 3.57. The molecule has 2 bridgehead atoms. The molecule has 1 aromatic heterocycles. The molecule has 3 fully saturated rings. The van der Waals surface area contributed by atoms with E-state index in [1.165, 1.54) is 4.90 Å². The van der Waals surface area contributed by atoms with Crippen LogP contribution in [-0.2, 0) is 23.7 Å². The van der Waals surface area contributed by atoms with Gasteiger partial charge in [-0.1, -0.05) is 66.2 Å². The van der Waals surface area contributed by atoms with Gasteiger partial charge in [-0.15, -0.1) is 14.5 Å². The lowest BCUT2D eigenvalue weighted by atomic mass is 9.80. The molecular weight excluding hydrogens is 640 g/mol. The monoisotopic (exact) mass is 698 g/mol. The number of ether oxygens (including phenoxy) is 1. The molecule has 1 N–H and O–H groups in total. The summed E-state index contributed by atoms with van der Waals surface area (Å²) < 4.78 is 49.8. The lowest BCUT2D eigenvalue weighted by molar-refractivity contribution is -0.172. The second-order valence-electron chi connectivity index (χ2n) is 14.7. The summed E-state index contributed by atoms with van der Waals surface area (Å²) in [5.41, 5.74) is -1.01. The number of rotatable bonds is 19. The van der Waals surface area contributed by atoms with Gasteiger partial charge in [0.1, 0.15) is 11.6 Å². The predicted molar refractivity (Wildman–Crippen MR) is 179 cm³/mol. The van der Waals surface area contributed by atoms with Gasteiger partial charge in [-0.05, 0) is 72.1 Å². The number of alkyl carbamates (subject to hydrolysis) is 1. The first-order chi connectivity index (χ1) is 22.7. The lowest BCUT2D eigenvalue weighted by Gasteiger charge is -2.43. The van der Waals surface area contributed by atoms with E-state index in [9.17, 15) is 18.0 Å². The van der Waals surface area contributed by atoms with Crippen LogP contribution in [0.1, 0.15) is 162 Å². The summed E-state index contributed by atoms with van der Waals surface area (Å²) in [6.07, 6.45) is 10.8. The van der Waals surface area contributed by atoms with Gasteiger partial charge < -0.3 is 19.4 Å². The number of hydrogen-bond acceptors (Lipinski definition) is 11. The van der Waals surface area contributed by atoms with Crippen LogP contribution in [0.2, 0.25) is 0 Å². The largest absolute Gasteiger partial charge is 0.444 e. The van der Waals surface area contributed by atoms with Crippen molar-refractivity contribution < 1.29 is 35.7 Å². The zero-order valence-corrected chi connectivity index (χ0v) is 30.8. The Labute approximate surface area is 286 Å². The third-order valence-corrected chi connectivity index (χ3v) is 10.3. The van der Waals surface area contributed by atoms with Gasteiger partial charge in [-0.2, -0.15) is 22.8 Å². The molecule has 2 atom stereocenters. The van der Waals surface area contributed by atoms with Crippen molar-refractivity contribution in [2.24, 2.45) is 0 Å². The van der Waals surface area contributed by atoms with E-state index in [-0.39, 0.29) is 18.5 Å². The fourth-order valence-electron chi connectivity index (χ4n) is 7.05. The molecule has 1 saturated carbocycles. The summed E-state index contributed by atoms with van der Waals surface area (Å²) in [5.74, 6) is 0.756. The van der Waals surface area contributed by atoms with Crippen molar-refractivity contribution in [3.8, 4) is 0 Å². The summed E-state index contributed by atoms with van der Waals surface area (Å²) in [7, 11) is -4.61. The number of carbonyl (C=O) groups excluding carboxylic acids is 2. The molecule has 274 valence electrons. The van der Waals surface area contributed by atoms with Crippen molar-refractivity contribution in [3.63, 3.8) is 0 Å². The van der Waals surface area contributed by atoms with E-state index in [2.05, 4.69) is 43.2 Å². The van der Waals surface area contributed by atoms with E-state index in [4.69, 9.17) is 17.7 Å². The van der Waals surface area contributed by atoms with Crippen molar-refractivity contribution in [1.82, 2.24) is 30.5 Å². The second kappa shape index (κ2) is 16.5. The fourth-order valence-corrected chi connectivity index (χ4v) is 7.91. The minimum atomic E-state index is -4.61. The summed E-state index contributed by atoms with van der Waals surface area (Å²) in [5, 5.41) is 14.0. The van der Waals surface area contributed by atoms with Crippen LogP contribution in [0.25, 0.3) is 0 Å². The summed E-state index contributed by atoms with van der Waals surface area (Å²) in [4.78, 5) is 27.2. The number of nitrogens with one attached hydrogen (secondary N) is 1. The highest BCUT2D eigenvalue weighted by Crippen LogP contribution is 2.42. The van der Waals surface area contributed by atoms with Gasteiger partial charge in [-0.25, -0.2) is 9.59 Å². The molecule has 48 heavy (non-hydrogen) atoms. The Bertz CT molecular complexity index is 1300. The molecule has 0 unspecified atom stereocenters. The third-order valence-electron chi connectivity index (χ3n) is 9.58. The Balaban J connectivity index is 1.40. The Hall–Kier alpha value is -2.49. The molecule has 3 heterocycles. The van der Waals surface area contributed by atoms with Crippen LogP contribution in [0.15, 0.2) is 4.42 Å². The number of unbranched alkanes of at least 4 members (excludes halogenated alkanes) is 3. The van der Waals surface area contributed by atoms with Crippen LogP contribution in [-0.4, -0.2) is 82.1 Å². The van der Waals surface area contributed by atoms with Crippen LogP contribution < -0.4 is 5.32 Å². The van der Waals surface area contributed by atoms with E-state index in [1.54, 1.807) is 5.06 Å². The minimum Gasteiger partial charge on any atom is -0.444 e. The van der Waals surface area contributed by atoms with E-state index in [1.807, 2.05) is 20.8 Å². The zero-order valence-electron chi connectivity index (χ0n) is 30.0. The van der Waals surface area contributed by atoms with Gasteiger partial charge in [0.2, 0.25) is 11.8 Å². The van der Waals surface area contributed by atoms with E-state index >= 15 is 0 Å². The van der Waals surface area contributed by atoms with Gasteiger partial charge in [0.25, 0.3) is 0 Å². The van der Waals surface area contributed by atoms with Crippen LogP contribution >= 0.6 is 0 Å². The first-order valence-corrected chi connectivity index (χ1v) is 19.4. The standard InChI is InChI=1S/C33H58N6O8S/c1-8-12-18-33(17-11-4,19-13-9-2)38(20-14-10-3)46-48(42,43)47-39-26-15-16-27(37(23-26)31(39)41)29-36-35-28(44-29)24-21-25(22-24)34-30(40)45-32(5,6)7/h24-27H,8-23H2,1-7H3,(H,34,40)/t24-,25-,26-,27-/m0/s1. The smallest absolute Gasteiger partial charge is 0.437 e. The fraction of sp³-hybridized carbons (Fsp3) is 0.879. The highest BCUT2D eigenvalue weighted by molar-refractivity contribution is 7.81. The highest BCUT2D eigenvalue weighted by atomic mass is 32.3. The normalized spacial score (nSPS) is 23.1. The molecule has 3 amide bonds. The maximum absolute atomic E-state index is 13.6. The molecule has 2 saturated heterocycles. The Kier molecular flexibility index (Phi) is 13.2. The molecule has 3 aliphatic rings. The third kappa shape index (κ3) is 9.60. The number of nitrogens with zero attached hydrogens (tertiary/aromatic N) is 5. The SMILES string of the molecule is CCCCN(OS(=O)(=O)ON1C(=O)N2C[C@@H]1CC[C@H]2c1nnc([C@H]2C[C@H](NC(=O)OC(C)(C)C)C2)o1)C(CCC)(CCCC)CCCC. The molecule has 14 nitrogen and oxygen atoms in total. The number of urea groups is 1. The molecule has 2 aliphatic heterocycles. The van der Waals surface area contributed by atoms with Crippen LogP contribution in [0.5, 0.6) is 0 Å². The maximum atomic E-state index is 13.6. The number of carbonyl (C=O) groups is 2. The molecule has 0 aromatic carbocycles. The Morgan fingerprint density at radius 3 is 2.21 bits per heavy atom. The van der Waals surface area contributed by atoms with Crippen molar-refractivity contribution in [2.45, 2.75) is 174 Å². The zero-order chi connectivity index (χ0) is 35.1. The number of piperidine rings is 1. The summed E-state index contributed by atoms with van der Waals surface area (Å²) >= 11 is 0. The van der Waals surface area contributed by atoms with Crippen molar-refractivity contribution in [1.29, 1.82) is 0 Å². The van der Waals surface area contributed by atoms with Crippen molar-refractivity contribution in [2.75, 3.05) is 13.1 Å². The molecule has 15 heteroatoms. The molecule has 0 radical (unpaired) electrons. The van der Waals surface area contributed by atoms with Crippen LogP contribution in [0.4, 0.5) is 9.59 Å². The van der Waals surface area contributed by atoms with Gasteiger partial charge in [0.15, 0.2) is 0 Å². The predicted octanol–water partition coefficient (Wildman–Crippen LogP) is 6.91. The maximum Gasteiger partial charge on any atom is 0.437 e. The number of hydroxylamine groups is 4. The van der Waals surface area contributed by atoms with E-state index in [0.717, 1.165) is 69.3 Å². The summed E-state index contributed by atoms with van der Waals surface area (Å²) in [6.45, 7) is 14.6. The molecule has 1 aromatic rings. The summed E-state index contributed by atoms with van der Waals surface area (Å²) in [6, 6.07) is -1.57. The number of fused-ring (bicyclic) bond motifs is 2. The first-order valence-electron chi connectivity index (χ1n) is 18.1. The molecule has 0 spiro atoms. The number of amides is 3. The number of hydrogen-bond donors (Lipinski definition) is 1. The quantitative estimate of drug-likeness (QED) is 0.150. The molecular formula is C33H58N6O8S. The number of aromatic nitrogens is 2. The van der Waals surface area contributed by atoms with Crippen molar-refractivity contribution >= 4 is 22.5 Å². The van der Waals surface area contributed by atoms with Crippen molar-refractivity contribution in [3.05, 3.63) is 11.8 Å². The highest BCUT2D eigenvalue weighted by Gasteiger charge is 2.50. The lowest BCUT2D eigenvalue weighted by Crippen LogP contribution is -2.51. The van der Waals surface area contributed by atoms with Crippen LogP contribution in [0.3, 0.4) is 0 Å². The molecule has 1 aliphatic carbocycles. The van der Waals surface area contributed by atoms with E-state index < -0.39 is 45.7 Å². The van der Waals surface area contributed by atoms with Gasteiger partial charge in [0, 0.05) is 30.6 Å². The van der Waals surface area contributed by atoms with Crippen LogP contribution in [0, 0.1) is 0 Å². The first kappa shape index (κ1) is 38.3. The average molecular weight is 699 g/mol. The Morgan fingerprint density at radius 1 is 0.958 bits per heavy atom. The Morgan fingerprint density at radius 2 is 1.60 bits per heavy atom. The van der Waals surface area contributed by atoms with Gasteiger partial charge >= 0.3 is 22.5 Å². The topological polar surface area (TPSA) is 157 Å². The molecule has 4 rings (SSSR count). The minimum absolute atomic E-state index is 0.0101. The van der Waals surface area contributed by atoms with Gasteiger partial charge in [-0.3, -0.25) is 0 Å². The van der Waals surface area contributed by atoms with E-state index in [0.29, 0.717) is 44.0 Å².